The van der Waals surface area contributed by atoms with Gasteiger partial charge in [-0.05, 0) is 69.2 Å². The number of thiazole rings is 1. The number of esters is 1. The number of carbonyl (C=O) groups is 1. The molecule has 0 bridgehead atoms. The minimum absolute atomic E-state index is 0.206. The number of nitrogens with zero attached hydrogens (tertiary/aromatic N) is 2. The molecule has 0 N–H and O–H groups in total. The molecule has 9 heteroatoms. The first-order valence-corrected chi connectivity index (χ1v) is 13.0. The van der Waals surface area contributed by atoms with Crippen LogP contribution in [0, 0.1) is 0 Å². The van der Waals surface area contributed by atoms with Crippen LogP contribution >= 0.6 is 11.3 Å². The molecule has 0 radical (unpaired) electrons. The zero-order valence-electron chi connectivity index (χ0n) is 21.6. The molecule has 0 spiro atoms. The second-order valence-corrected chi connectivity index (χ2v) is 9.16. The molecule has 1 unspecified atom stereocenters. The summed E-state index contributed by atoms with van der Waals surface area (Å²) in [6.45, 7) is 8.42. The van der Waals surface area contributed by atoms with Gasteiger partial charge in [-0.3, -0.25) is 9.36 Å². The van der Waals surface area contributed by atoms with Crippen molar-refractivity contribution in [3.8, 4) is 17.2 Å². The number of hydrogen-bond acceptors (Lipinski definition) is 8. The zero-order valence-corrected chi connectivity index (χ0v) is 22.4. The molecule has 0 aliphatic carbocycles. The molecule has 1 aromatic heterocycles. The molecule has 0 saturated carbocycles. The van der Waals surface area contributed by atoms with E-state index in [2.05, 4.69) is 4.99 Å². The Kier molecular flexibility index (Phi) is 8.13. The van der Waals surface area contributed by atoms with Crippen molar-refractivity contribution in [2.45, 2.75) is 33.7 Å². The van der Waals surface area contributed by atoms with Crippen LogP contribution in [0.1, 0.15) is 44.9 Å². The molecule has 3 aromatic rings. The molecule has 0 saturated heterocycles. The first-order valence-electron chi connectivity index (χ1n) is 12.1. The summed E-state index contributed by atoms with van der Waals surface area (Å²) in [5, 5.41) is 0. The van der Waals surface area contributed by atoms with Crippen LogP contribution in [-0.2, 0) is 9.53 Å². The summed E-state index contributed by atoms with van der Waals surface area (Å²) in [7, 11) is 1.61. The summed E-state index contributed by atoms with van der Waals surface area (Å²) in [4.78, 5) is 32.0. The second-order valence-electron chi connectivity index (χ2n) is 8.15. The lowest BCUT2D eigenvalue weighted by Gasteiger charge is -2.25. The molecule has 37 heavy (non-hydrogen) atoms. The first kappa shape index (κ1) is 26.2. The fourth-order valence-electron chi connectivity index (χ4n) is 4.20. The van der Waals surface area contributed by atoms with Crippen LogP contribution in [0.4, 0.5) is 0 Å². The van der Waals surface area contributed by atoms with Gasteiger partial charge in [0.05, 0.1) is 48.8 Å². The Bertz CT molecular complexity index is 1500. The molecule has 8 nitrogen and oxygen atoms in total. The fraction of sp³-hybridized carbons (Fsp3) is 0.321. The number of carbonyl (C=O) groups excluding carboxylic acids is 1. The Balaban J connectivity index is 1.92. The molecule has 2 aromatic carbocycles. The predicted molar refractivity (Wildman–Crippen MR) is 142 cm³/mol. The van der Waals surface area contributed by atoms with E-state index in [-0.39, 0.29) is 12.2 Å². The number of allylic oxidation sites excluding steroid dienone is 1. The van der Waals surface area contributed by atoms with Gasteiger partial charge in [-0.15, -0.1) is 0 Å². The summed E-state index contributed by atoms with van der Waals surface area (Å²) in [5.74, 6) is 1.36. The van der Waals surface area contributed by atoms with Crippen LogP contribution < -0.4 is 29.1 Å². The maximum absolute atomic E-state index is 13.8. The van der Waals surface area contributed by atoms with Crippen molar-refractivity contribution >= 4 is 23.4 Å². The van der Waals surface area contributed by atoms with E-state index in [4.69, 9.17) is 18.9 Å². The molecule has 0 amide bonds. The lowest BCUT2D eigenvalue weighted by atomic mass is 9.95. The minimum atomic E-state index is -0.733. The third-order valence-electron chi connectivity index (χ3n) is 5.81. The summed E-state index contributed by atoms with van der Waals surface area (Å²) in [6.07, 6.45) is 1.81. The van der Waals surface area contributed by atoms with E-state index in [0.717, 1.165) is 11.3 Å². The van der Waals surface area contributed by atoms with E-state index in [9.17, 15) is 9.59 Å². The number of hydrogen-bond donors (Lipinski definition) is 0. The van der Waals surface area contributed by atoms with Crippen molar-refractivity contribution in [3.63, 3.8) is 0 Å². The van der Waals surface area contributed by atoms with Crippen LogP contribution in [0.15, 0.2) is 63.5 Å². The average Bonchev–Trinajstić information content (AvgIpc) is 3.19. The fourth-order valence-corrected chi connectivity index (χ4v) is 5.24. The SMILES string of the molecule is CCOC(=O)C1=C(C)N=c2sc(=Cc3ccc(OC)cc3)c(=O)n2C1c1ccc(OCC)c(OCC)c1. The maximum Gasteiger partial charge on any atom is 0.338 e. The monoisotopic (exact) mass is 522 g/mol. The lowest BCUT2D eigenvalue weighted by molar-refractivity contribution is -0.139. The summed E-state index contributed by atoms with van der Waals surface area (Å²) >= 11 is 1.28. The van der Waals surface area contributed by atoms with E-state index in [1.807, 2.05) is 56.3 Å². The highest BCUT2D eigenvalue weighted by Crippen LogP contribution is 2.36. The Labute approximate surface area is 219 Å². The third-order valence-corrected chi connectivity index (χ3v) is 6.80. The molecule has 1 aliphatic rings. The smallest absolute Gasteiger partial charge is 0.338 e. The van der Waals surface area contributed by atoms with Crippen LogP contribution in [0.5, 0.6) is 17.2 Å². The highest BCUT2D eigenvalue weighted by atomic mass is 32.1. The van der Waals surface area contributed by atoms with Crippen LogP contribution in [0.2, 0.25) is 0 Å². The molecule has 194 valence electrons. The van der Waals surface area contributed by atoms with Gasteiger partial charge in [-0.25, -0.2) is 9.79 Å². The van der Waals surface area contributed by atoms with Gasteiger partial charge in [0.15, 0.2) is 16.3 Å². The number of ether oxygens (including phenoxy) is 4. The topological polar surface area (TPSA) is 88.4 Å². The van der Waals surface area contributed by atoms with Gasteiger partial charge in [-0.2, -0.15) is 0 Å². The normalized spacial score (nSPS) is 15.2. The van der Waals surface area contributed by atoms with Gasteiger partial charge >= 0.3 is 5.97 Å². The van der Waals surface area contributed by atoms with E-state index in [1.54, 1.807) is 31.6 Å². The summed E-state index contributed by atoms with van der Waals surface area (Å²) in [5.41, 5.74) is 2.13. The number of benzene rings is 2. The van der Waals surface area contributed by atoms with Crippen molar-refractivity contribution in [1.29, 1.82) is 0 Å². The highest BCUT2D eigenvalue weighted by Gasteiger charge is 2.34. The number of fused-ring (bicyclic) bond motifs is 1. The number of methoxy groups -OCH3 is 1. The molecular formula is C28H30N2O6S. The van der Waals surface area contributed by atoms with E-state index in [1.165, 1.54) is 11.3 Å². The van der Waals surface area contributed by atoms with Crippen molar-refractivity contribution < 1.29 is 23.7 Å². The minimum Gasteiger partial charge on any atom is -0.497 e. The molecule has 2 heterocycles. The summed E-state index contributed by atoms with van der Waals surface area (Å²) in [6, 6.07) is 12.2. The average molecular weight is 523 g/mol. The number of rotatable bonds is 9. The molecule has 0 fully saturated rings. The zero-order chi connectivity index (χ0) is 26.5. The Morgan fingerprint density at radius 2 is 1.73 bits per heavy atom. The molecule has 1 atom stereocenters. The van der Waals surface area contributed by atoms with Gasteiger partial charge < -0.3 is 18.9 Å². The molecule has 1 aliphatic heterocycles. The van der Waals surface area contributed by atoms with Crippen LogP contribution in [0.25, 0.3) is 6.08 Å². The van der Waals surface area contributed by atoms with E-state index < -0.39 is 12.0 Å². The van der Waals surface area contributed by atoms with Gasteiger partial charge in [-0.1, -0.05) is 29.5 Å². The van der Waals surface area contributed by atoms with E-state index in [0.29, 0.717) is 50.9 Å². The van der Waals surface area contributed by atoms with Crippen molar-refractivity contribution in [2.24, 2.45) is 4.99 Å². The standard InChI is InChI=1S/C28H30N2O6S/c1-6-34-21-14-11-19(16-22(21)35-7-2)25-24(27(32)36-8-3)17(4)29-28-30(25)26(31)23(37-28)15-18-9-12-20(33-5)13-10-18/h9-16,25H,6-8H2,1-5H3. The van der Waals surface area contributed by atoms with Gasteiger partial charge in [0, 0.05) is 0 Å². The number of aromatic nitrogens is 1. The van der Waals surface area contributed by atoms with Crippen LogP contribution in [-0.4, -0.2) is 37.5 Å². The quantitative estimate of drug-likeness (QED) is 0.399. The van der Waals surface area contributed by atoms with Gasteiger partial charge in [0.2, 0.25) is 0 Å². The first-order chi connectivity index (χ1) is 17.9. The highest BCUT2D eigenvalue weighted by molar-refractivity contribution is 7.07. The van der Waals surface area contributed by atoms with Crippen molar-refractivity contribution in [3.05, 3.63) is 84.5 Å². The van der Waals surface area contributed by atoms with E-state index >= 15 is 0 Å². The second kappa shape index (κ2) is 11.5. The Morgan fingerprint density at radius 1 is 1.03 bits per heavy atom. The molecular weight excluding hydrogens is 492 g/mol. The molecule has 4 rings (SSSR count). The van der Waals surface area contributed by atoms with Crippen molar-refractivity contribution in [1.82, 2.24) is 4.57 Å². The largest absolute Gasteiger partial charge is 0.497 e. The Hall–Kier alpha value is -3.85. The van der Waals surface area contributed by atoms with Gasteiger partial charge in [0.25, 0.3) is 5.56 Å². The summed E-state index contributed by atoms with van der Waals surface area (Å²) < 4.78 is 24.2. The van der Waals surface area contributed by atoms with Crippen LogP contribution in [0.3, 0.4) is 0 Å². The van der Waals surface area contributed by atoms with Crippen molar-refractivity contribution in [2.75, 3.05) is 26.9 Å². The van der Waals surface area contributed by atoms with Gasteiger partial charge in [0.1, 0.15) is 5.75 Å². The Morgan fingerprint density at radius 3 is 2.38 bits per heavy atom. The lowest BCUT2D eigenvalue weighted by Crippen LogP contribution is -2.40. The third kappa shape index (κ3) is 5.32. The maximum atomic E-state index is 13.8. The predicted octanol–water partition coefficient (Wildman–Crippen LogP) is 3.60.